The van der Waals surface area contributed by atoms with Crippen molar-refractivity contribution in [3.05, 3.63) is 41.8 Å². The number of ether oxygens (including phenoxy) is 1. The number of rotatable bonds is 5. The molecule has 94 valence electrons. The van der Waals surface area contributed by atoms with Gasteiger partial charge in [-0.15, -0.1) is 0 Å². The highest BCUT2D eigenvalue weighted by atomic mass is 19.1. The van der Waals surface area contributed by atoms with E-state index in [4.69, 9.17) is 9.84 Å². The second-order valence-electron chi connectivity index (χ2n) is 3.39. The number of carbonyl (C=O) groups is 1. The summed E-state index contributed by atoms with van der Waals surface area (Å²) in [5.41, 5.74) is 0. The highest BCUT2D eigenvalue weighted by Gasteiger charge is 2.11. The van der Waals surface area contributed by atoms with Gasteiger partial charge in [-0.1, -0.05) is 17.3 Å². The molecule has 0 saturated carbocycles. The SMILES string of the molecule is O=C(O)Cc1nc(COc2ccccc2F)no1. The number of carboxylic acid groups (broad SMARTS) is 1. The molecule has 1 N–H and O–H groups in total. The van der Waals surface area contributed by atoms with Gasteiger partial charge in [-0.25, -0.2) is 4.39 Å². The molecular weight excluding hydrogens is 243 g/mol. The van der Waals surface area contributed by atoms with E-state index in [0.717, 1.165) is 0 Å². The molecule has 0 bridgehead atoms. The monoisotopic (exact) mass is 252 g/mol. The first kappa shape index (κ1) is 12.0. The Morgan fingerprint density at radius 3 is 2.94 bits per heavy atom. The molecule has 18 heavy (non-hydrogen) atoms. The van der Waals surface area contributed by atoms with Crippen LogP contribution in [0.1, 0.15) is 11.7 Å². The maximum atomic E-state index is 13.2. The molecule has 0 fully saturated rings. The lowest BCUT2D eigenvalue weighted by molar-refractivity contribution is -0.136. The maximum Gasteiger partial charge on any atom is 0.312 e. The van der Waals surface area contributed by atoms with E-state index in [-0.39, 0.29) is 30.5 Å². The Balaban J connectivity index is 1.96. The molecule has 0 aliphatic rings. The summed E-state index contributed by atoms with van der Waals surface area (Å²) >= 11 is 0. The summed E-state index contributed by atoms with van der Waals surface area (Å²) < 4.78 is 23.0. The summed E-state index contributed by atoms with van der Waals surface area (Å²) in [7, 11) is 0. The Morgan fingerprint density at radius 2 is 2.22 bits per heavy atom. The third kappa shape index (κ3) is 3.03. The van der Waals surface area contributed by atoms with Crippen LogP contribution in [-0.2, 0) is 17.8 Å². The predicted octanol–water partition coefficient (Wildman–Crippen LogP) is 1.41. The van der Waals surface area contributed by atoms with Crippen molar-refractivity contribution in [2.45, 2.75) is 13.0 Å². The third-order valence-corrected chi connectivity index (χ3v) is 2.01. The first-order valence-corrected chi connectivity index (χ1v) is 5.06. The standard InChI is InChI=1S/C11H9FN2O4/c12-7-3-1-2-4-8(7)17-6-9-13-10(18-14-9)5-11(15)16/h1-4H,5-6H2,(H,15,16). The zero-order valence-electron chi connectivity index (χ0n) is 9.17. The van der Waals surface area contributed by atoms with Crippen molar-refractivity contribution in [2.75, 3.05) is 0 Å². The topological polar surface area (TPSA) is 85.5 Å². The van der Waals surface area contributed by atoms with Gasteiger partial charge in [-0.2, -0.15) is 4.98 Å². The van der Waals surface area contributed by atoms with Gasteiger partial charge in [-0.05, 0) is 12.1 Å². The van der Waals surface area contributed by atoms with Gasteiger partial charge in [-0.3, -0.25) is 4.79 Å². The van der Waals surface area contributed by atoms with Crippen LogP contribution in [0.15, 0.2) is 28.8 Å². The fourth-order valence-electron chi connectivity index (χ4n) is 1.25. The van der Waals surface area contributed by atoms with E-state index in [9.17, 15) is 9.18 Å². The first-order valence-electron chi connectivity index (χ1n) is 5.06. The van der Waals surface area contributed by atoms with Crippen LogP contribution < -0.4 is 4.74 Å². The van der Waals surface area contributed by atoms with E-state index in [2.05, 4.69) is 14.7 Å². The van der Waals surface area contributed by atoms with Crippen molar-refractivity contribution in [2.24, 2.45) is 0 Å². The highest BCUT2D eigenvalue weighted by Crippen LogP contribution is 2.16. The lowest BCUT2D eigenvalue weighted by Crippen LogP contribution is -2.02. The van der Waals surface area contributed by atoms with Crippen LogP contribution in [0.3, 0.4) is 0 Å². The molecule has 1 aromatic heterocycles. The van der Waals surface area contributed by atoms with E-state index in [1.807, 2.05) is 0 Å². The van der Waals surface area contributed by atoms with Gasteiger partial charge in [0.2, 0.25) is 11.7 Å². The van der Waals surface area contributed by atoms with Crippen LogP contribution in [0.2, 0.25) is 0 Å². The summed E-state index contributed by atoms with van der Waals surface area (Å²) in [4.78, 5) is 14.2. The third-order valence-electron chi connectivity index (χ3n) is 2.01. The van der Waals surface area contributed by atoms with Gasteiger partial charge < -0.3 is 14.4 Å². The molecule has 0 atom stereocenters. The van der Waals surface area contributed by atoms with Gasteiger partial charge in [0.1, 0.15) is 6.42 Å². The molecule has 1 heterocycles. The minimum absolute atomic E-state index is 0.0189. The van der Waals surface area contributed by atoms with Crippen molar-refractivity contribution in [3.63, 3.8) is 0 Å². The molecule has 1 aromatic carbocycles. The van der Waals surface area contributed by atoms with Gasteiger partial charge in [0.15, 0.2) is 18.2 Å². The Labute approximate surface area is 101 Å². The van der Waals surface area contributed by atoms with Crippen LogP contribution in [0.25, 0.3) is 0 Å². The molecule has 7 heteroatoms. The lowest BCUT2D eigenvalue weighted by Gasteiger charge is -2.03. The minimum Gasteiger partial charge on any atom is -0.482 e. The van der Waals surface area contributed by atoms with E-state index >= 15 is 0 Å². The molecule has 0 amide bonds. The Morgan fingerprint density at radius 1 is 1.44 bits per heavy atom. The Bertz CT molecular complexity index is 555. The summed E-state index contributed by atoms with van der Waals surface area (Å²) in [6, 6.07) is 5.90. The average Bonchev–Trinajstić information content (AvgIpc) is 2.75. The zero-order valence-corrected chi connectivity index (χ0v) is 9.17. The first-order chi connectivity index (χ1) is 8.65. The quantitative estimate of drug-likeness (QED) is 0.866. The van der Waals surface area contributed by atoms with Crippen LogP contribution in [0.4, 0.5) is 4.39 Å². The number of aromatic nitrogens is 2. The molecule has 2 aromatic rings. The number of hydrogen-bond donors (Lipinski definition) is 1. The number of benzene rings is 1. The normalized spacial score (nSPS) is 10.3. The van der Waals surface area contributed by atoms with Crippen LogP contribution in [0.5, 0.6) is 5.75 Å². The summed E-state index contributed by atoms with van der Waals surface area (Å²) in [6.45, 7) is -0.0932. The zero-order chi connectivity index (χ0) is 13.0. The minimum atomic E-state index is -1.07. The van der Waals surface area contributed by atoms with Crippen LogP contribution >= 0.6 is 0 Å². The van der Waals surface area contributed by atoms with Crippen LogP contribution in [0, 0.1) is 5.82 Å². The smallest absolute Gasteiger partial charge is 0.312 e. The van der Waals surface area contributed by atoms with E-state index < -0.39 is 11.8 Å². The Hall–Kier alpha value is -2.44. The number of nitrogens with zero attached hydrogens (tertiary/aromatic N) is 2. The number of aliphatic carboxylic acids is 1. The number of hydrogen-bond acceptors (Lipinski definition) is 5. The fourth-order valence-corrected chi connectivity index (χ4v) is 1.25. The summed E-state index contributed by atoms with van der Waals surface area (Å²) in [5.74, 6) is -1.35. The molecular formula is C11H9FN2O4. The van der Waals surface area contributed by atoms with Crippen molar-refractivity contribution < 1.29 is 23.6 Å². The van der Waals surface area contributed by atoms with Crippen molar-refractivity contribution in [3.8, 4) is 5.75 Å². The molecule has 2 rings (SSSR count). The lowest BCUT2D eigenvalue weighted by atomic mass is 10.3. The maximum absolute atomic E-state index is 13.2. The predicted molar refractivity (Wildman–Crippen MR) is 56.4 cm³/mol. The van der Waals surface area contributed by atoms with E-state index in [1.165, 1.54) is 12.1 Å². The molecule has 6 nitrogen and oxygen atoms in total. The van der Waals surface area contributed by atoms with Crippen molar-refractivity contribution in [1.29, 1.82) is 0 Å². The summed E-state index contributed by atoms with van der Waals surface area (Å²) in [6.07, 6.45) is -0.354. The summed E-state index contributed by atoms with van der Waals surface area (Å²) in [5, 5.41) is 12.0. The number of halogens is 1. The molecule has 0 spiro atoms. The number of carboxylic acids is 1. The molecule has 0 saturated heterocycles. The Kier molecular flexibility index (Phi) is 3.52. The van der Waals surface area contributed by atoms with Gasteiger partial charge in [0.25, 0.3) is 0 Å². The molecule has 0 aliphatic heterocycles. The second-order valence-corrected chi connectivity index (χ2v) is 3.39. The molecule has 0 aliphatic carbocycles. The highest BCUT2D eigenvalue weighted by molar-refractivity contribution is 5.68. The molecule has 0 radical (unpaired) electrons. The number of para-hydroxylation sites is 1. The second kappa shape index (κ2) is 5.26. The molecule has 0 unspecified atom stereocenters. The van der Waals surface area contributed by atoms with Crippen molar-refractivity contribution in [1.82, 2.24) is 10.1 Å². The largest absolute Gasteiger partial charge is 0.482 e. The van der Waals surface area contributed by atoms with E-state index in [0.29, 0.717) is 0 Å². The van der Waals surface area contributed by atoms with E-state index in [1.54, 1.807) is 12.1 Å². The van der Waals surface area contributed by atoms with Gasteiger partial charge in [0.05, 0.1) is 0 Å². The van der Waals surface area contributed by atoms with Gasteiger partial charge >= 0.3 is 5.97 Å². The average molecular weight is 252 g/mol. The van der Waals surface area contributed by atoms with Crippen LogP contribution in [-0.4, -0.2) is 21.2 Å². The van der Waals surface area contributed by atoms with Gasteiger partial charge in [0, 0.05) is 0 Å². The fraction of sp³-hybridized carbons (Fsp3) is 0.182. The van der Waals surface area contributed by atoms with Crippen molar-refractivity contribution >= 4 is 5.97 Å².